The van der Waals surface area contributed by atoms with Crippen molar-refractivity contribution < 1.29 is 9.59 Å². The zero-order valence-electron chi connectivity index (χ0n) is 11.4. The Bertz CT molecular complexity index is 526. The van der Waals surface area contributed by atoms with Gasteiger partial charge in [0.2, 0.25) is 11.8 Å². The molecule has 1 aromatic rings. The number of rotatable bonds is 4. The van der Waals surface area contributed by atoms with Crippen molar-refractivity contribution in [3.63, 3.8) is 0 Å². The second-order valence-electron chi connectivity index (χ2n) is 5.48. The molecule has 5 nitrogen and oxygen atoms in total. The minimum Gasteiger partial charge on any atom is -0.326 e. The van der Waals surface area contributed by atoms with Crippen LogP contribution in [0.25, 0.3) is 0 Å². The Hall–Kier alpha value is -1.88. The summed E-state index contributed by atoms with van der Waals surface area (Å²) < 4.78 is 0. The molecule has 0 aromatic heterocycles. The normalized spacial score (nSPS) is 19.0. The largest absolute Gasteiger partial charge is 0.326 e. The van der Waals surface area contributed by atoms with Crippen LogP contribution in [0.4, 0.5) is 11.4 Å². The molecule has 2 aliphatic heterocycles. The molecule has 2 amide bonds. The molecule has 20 heavy (non-hydrogen) atoms. The van der Waals surface area contributed by atoms with Crippen LogP contribution in [0.3, 0.4) is 0 Å². The van der Waals surface area contributed by atoms with Crippen LogP contribution in [-0.2, 0) is 9.59 Å². The molecule has 2 N–H and O–H groups in total. The molecular weight excluding hydrogens is 254 g/mol. The molecule has 2 fully saturated rings. The average Bonchev–Trinajstić information content (AvgIpc) is 2.81. The van der Waals surface area contributed by atoms with E-state index in [9.17, 15) is 9.59 Å². The van der Waals surface area contributed by atoms with E-state index in [2.05, 4.69) is 10.6 Å². The van der Waals surface area contributed by atoms with Crippen molar-refractivity contribution in [1.29, 1.82) is 0 Å². The van der Waals surface area contributed by atoms with Gasteiger partial charge in [0.15, 0.2) is 0 Å². The molecule has 1 aromatic carbocycles. The third-order valence-corrected chi connectivity index (χ3v) is 3.86. The van der Waals surface area contributed by atoms with Gasteiger partial charge in [-0.05, 0) is 43.6 Å². The number of hydrogen-bond donors (Lipinski definition) is 2. The molecule has 3 rings (SSSR count). The van der Waals surface area contributed by atoms with Crippen LogP contribution in [0.5, 0.6) is 0 Å². The highest BCUT2D eigenvalue weighted by Crippen LogP contribution is 2.24. The zero-order valence-corrected chi connectivity index (χ0v) is 11.4. The van der Waals surface area contributed by atoms with Gasteiger partial charge in [0, 0.05) is 30.8 Å². The van der Waals surface area contributed by atoms with Crippen molar-refractivity contribution in [2.24, 2.45) is 5.92 Å². The fraction of sp³-hybridized carbons (Fsp3) is 0.467. The van der Waals surface area contributed by atoms with Crippen LogP contribution in [0, 0.1) is 5.92 Å². The number of nitrogens with zero attached hydrogens (tertiary/aromatic N) is 1. The topological polar surface area (TPSA) is 61.4 Å². The third-order valence-electron chi connectivity index (χ3n) is 3.86. The summed E-state index contributed by atoms with van der Waals surface area (Å²) in [6.07, 6.45) is 2.08. The van der Waals surface area contributed by atoms with Crippen LogP contribution in [0.2, 0.25) is 0 Å². The maximum Gasteiger partial charge on any atom is 0.227 e. The van der Waals surface area contributed by atoms with E-state index in [-0.39, 0.29) is 11.8 Å². The van der Waals surface area contributed by atoms with Crippen molar-refractivity contribution in [2.45, 2.75) is 19.3 Å². The summed E-state index contributed by atoms with van der Waals surface area (Å²) >= 11 is 0. The molecule has 5 heteroatoms. The first kappa shape index (κ1) is 13.1. The van der Waals surface area contributed by atoms with Gasteiger partial charge in [0.05, 0.1) is 0 Å². The van der Waals surface area contributed by atoms with Gasteiger partial charge in [-0.3, -0.25) is 9.59 Å². The fourth-order valence-electron chi connectivity index (χ4n) is 2.64. The second-order valence-corrected chi connectivity index (χ2v) is 5.48. The van der Waals surface area contributed by atoms with Gasteiger partial charge in [-0.15, -0.1) is 0 Å². The molecular formula is C15H19N3O2. The Morgan fingerprint density at radius 1 is 1.40 bits per heavy atom. The van der Waals surface area contributed by atoms with E-state index in [4.69, 9.17) is 0 Å². The highest BCUT2D eigenvalue weighted by Gasteiger charge is 2.22. The average molecular weight is 273 g/mol. The lowest BCUT2D eigenvalue weighted by molar-refractivity contribution is -0.118. The summed E-state index contributed by atoms with van der Waals surface area (Å²) in [7, 11) is 0. The first-order chi connectivity index (χ1) is 9.72. The van der Waals surface area contributed by atoms with E-state index >= 15 is 0 Å². The number of hydrogen-bond acceptors (Lipinski definition) is 3. The van der Waals surface area contributed by atoms with Gasteiger partial charge in [-0.1, -0.05) is 6.07 Å². The Balaban J connectivity index is 1.64. The van der Waals surface area contributed by atoms with Gasteiger partial charge >= 0.3 is 0 Å². The highest BCUT2D eigenvalue weighted by atomic mass is 16.2. The first-order valence-electron chi connectivity index (χ1n) is 7.13. The number of nitrogens with one attached hydrogen (secondary N) is 2. The smallest absolute Gasteiger partial charge is 0.227 e. The highest BCUT2D eigenvalue weighted by molar-refractivity contribution is 5.97. The molecule has 0 unspecified atom stereocenters. The summed E-state index contributed by atoms with van der Waals surface area (Å²) in [6.45, 7) is 2.62. The summed E-state index contributed by atoms with van der Waals surface area (Å²) in [5.41, 5.74) is 1.63. The standard InChI is InChI=1S/C15H19N3O2/c19-14(7-11-9-16-10-11)17-12-3-1-4-13(8-12)18-6-2-5-15(18)20/h1,3-4,8,11,16H,2,5-7,9-10H2,(H,17,19). The molecule has 0 radical (unpaired) electrons. The summed E-state index contributed by atoms with van der Waals surface area (Å²) in [5, 5.41) is 6.07. The Labute approximate surface area is 118 Å². The molecule has 0 saturated carbocycles. The molecule has 0 aliphatic carbocycles. The third kappa shape index (κ3) is 2.82. The van der Waals surface area contributed by atoms with E-state index in [1.165, 1.54) is 0 Å². The van der Waals surface area contributed by atoms with Crippen LogP contribution in [0.1, 0.15) is 19.3 Å². The van der Waals surface area contributed by atoms with E-state index in [0.29, 0.717) is 18.8 Å². The van der Waals surface area contributed by atoms with Crippen LogP contribution < -0.4 is 15.5 Å². The lowest BCUT2D eigenvalue weighted by atomic mass is 9.99. The van der Waals surface area contributed by atoms with Crippen molar-refractivity contribution in [3.8, 4) is 0 Å². The van der Waals surface area contributed by atoms with Gasteiger partial charge in [0.25, 0.3) is 0 Å². The molecule has 0 spiro atoms. The second kappa shape index (κ2) is 5.63. The van der Waals surface area contributed by atoms with Crippen molar-refractivity contribution in [3.05, 3.63) is 24.3 Å². The quantitative estimate of drug-likeness (QED) is 0.871. The predicted octanol–water partition coefficient (Wildman–Crippen LogP) is 1.36. The fourth-order valence-corrected chi connectivity index (χ4v) is 2.64. The molecule has 2 heterocycles. The van der Waals surface area contributed by atoms with Crippen LogP contribution >= 0.6 is 0 Å². The van der Waals surface area contributed by atoms with Crippen molar-refractivity contribution >= 4 is 23.2 Å². The van der Waals surface area contributed by atoms with E-state index < -0.39 is 0 Å². The summed E-state index contributed by atoms with van der Waals surface area (Å²) in [4.78, 5) is 25.4. The van der Waals surface area contributed by atoms with E-state index in [1.54, 1.807) is 4.90 Å². The number of carbonyl (C=O) groups is 2. The predicted molar refractivity (Wildman–Crippen MR) is 77.6 cm³/mol. The number of anilines is 2. The number of benzene rings is 1. The van der Waals surface area contributed by atoms with Gasteiger partial charge in [-0.2, -0.15) is 0 Å². The van der Waals surface area contributed by atoms with Gasteiger partial charge in [0.1, 0.15) is 0 Å². The molecule has 2 aliphatic rings. The minimum atomic E-state index is 0.0430. The van der Waals surface area contributed by atoms with Gasteiger partial charge < -0.3 is 15.5 Å². The number of carbonyl (C=O) groups excluding carboxylic acids is 2. The maximum atomic E-state index is 11.9. The molecule has 0 bridgehead atoms. The molecule has 106 valence electrons. The lowest BCUT2D eigenvalue weighted by Crippen LogP contribution is -2.43. The SMILES string of the molecule is O=C(CC1CNC1)Nc1cccc(N2CCCC2=O)c1. The van der Waals surface area contributed by atoms with Crippen molar-refractivity contribution in [2.75, 3.05) is 29.9 Å². The van der Waals surface area contributed by atoms with Crippen molar-refractivity contribution in [1.82, 2.24) is 5.32 Å². The Morgan fingerprint density at radius 3 is 2.90 bits per heavy atom. The zero-order chi connectivity index (χ0) is 13.9. The lowest BCUT2D eigenvalue weighted by Gasteiger charge is -2.26. The van der Waals surface area contributed by atoms with Gasteiger partial charge in [-0.25, -0.2) is 0 Å². The Kier molecular flexibility index (Phi) is 3.69. The van der Waals surface area contributed by atoms with Crippen LogP contribution in [0.15, 0.2) is 24.3 Å². The number of amides is 2. The van der Waals surface area contributed by atoms with E-state index in [0.717, 1.165) is 37.4 Å². The monoisotopic (exact) mass is 273 g/mol. The molecule has 0 atom stereocenters. The van der Waals surface area contributed by atoms with Crippen LogP contribution in [-0.4, -0.2) is 31.4 Å². The summed E-state index contributed by atoms with van der Waals surface area (Å²) in [6, 6.07) is 7.53. The maximum absolute atomic E-state index is 11.9. The summed E-state index contributed by atoms with van der Waals surface area (Å²) in [5.74, 6) is 0.661. The van der Waals surface area contributed by atoms with E-state index in [1.807, 2.05) is 24.3 Å². The minimum absolute atomic E-state index is 0.0430. The first-order valence-corrected chi connectivity index (χ1v) is 7.13. The molecule has 2 saturated heterocycles. The Morgan fingerprint density at radius 2 is 2.25 bits per heavy atom.